The van der Waals surface area contributed by atoms with Crippen molar-refractivity contribution in [2.75, 3.05) is 26.2 Å². The van der Waals surface area contributed by atoms with E-state index in [0.717, 1.165) is 48.4 Å². The standard InChI is InChI=1S/C42H49N3O8/c46-26-7-5-24-17-28-41(49)11-9-37(34-38(41,30(24)32(26)51-34)13-15-44(28)19-22-1-2-22)21-43-36(53-37)40(48)10-12-42(50)29-18-25-6-8-27(47)33-31(25)39(42,35(40)52-33)14-16-45(29)20-23-3-4-23/h5-8,21-23,28-29,34-36,46-50H,1-4,9-20H2/t28-,29-,34+,35-,36+,37-,38+,39+,40+,41-,42-/m1/s1. The second-order valence-corrected chi connectivity index (χ2v) is 19.2. The number of likely N-dealkylation sites (tertiary alicyclic amines) is 2. The number of aromatic hydroxyl groups is 2. The van der Waals surface area contributed by atoms with E-state index < -0.39 is 51.7 Å². The van der Waals surface area contributed by atoms with Gasteiger partial charge in [0.15, 0.2) is 29.2 Å². The van der Waals surface area contributed by atoms with E-state index in [4.69, 9.17) is 19.2 Å². The maximum absolute atomic E-state index is 13.2. The molecule has 13 rings (SSSR count). The number of benzene rings is 2. The molecule has 6 fully saturated rings. The van der Waals surface area contributed by atoms with Crippen LogP contribution in [0.25, 0.3) is 0 Å². The van der Waals surface area contributed by atoms with E-state index in [1.54, 1.807) is 12.1 Å². The number of phenols is 2. The summed E-state index contributed by atoms with van der Waals surface area (Å²) in [6.07, 6.45) is 8.43. The van der Waals surface area contributed by atoms with Crippen molar-refractivity contribution in [3.8, 4) is 23.0 Å². The lowest BCUT2D eigenvalue weighted by molar-refractivity contribution is -0.280. The molecule has 11 aliphatic rings. The lowest BCUT2D eigenvalue weighted by Crippen LogP contribution is -2.81. The van der Waals surface area contributed by atoms with Crippen molar-refractivity contribution in [3.05, 3.63) is 46.5 Å². The van der Waals surface area contributed by atoms with Crippen LogP contribution in [-0.4, -0.2) is 121 Å². The molecule has 3 spiro atoms. The highest BCUT2D eigenvalue weighted by Gasteiger charge is 2.80. The van der Waals surface area contributed by atoms with Crippen LogP contribution in [0.4, 0.5) is 0 Å². The SMILES string of the molecule is Oc1ccc2c3c1O[C@@H]1[C@]34CCN(CC3CC3)[C@H](C2)[C@]4(O)CC[C@@]12C=N[C@H]([C@]1(O)CC[C@@]3(O)[C@H]4Cc5ccc(O)c6c5[C@@]3(CCN4CC3CC3)[C@H]1O6)O2. The normalized spacial score (nSPS) is 48.0. The van der Waals surface area contributed by atoms with E-state index in [1.807, 2.05) is 18.3 Å². The molecule has 4 saturated carbocycles. The van der Waals surface area contributed by atoms with Crippen LogP contribution in [0.2, 0.25) is 0 Å². The number of hydrogen-bond acceptors (Lipinski definition) is 11. The Balaban J connectivity index is 0.894. The summed E-state index contributed by atoms with van der Waals surface area (Å²) >= 11 is 0. The molecule has 2 aromatic carbocycles. The quantitative estimate of drug-likeness (QED) is 0.312. The molecule has 2 saturated heterocycles. The van der Waals surface area contributed by atoms with Crippen LogP contribution in [0.3, 0.4) is 0 Å². The number of fused-ring (bicyclic) bond motifs is 1. The summed E-state index contributed by atoms with van der Waals surface area (Å²) in [4.78, 5) is 10.1. The van der Waals surface area contributed by atoms with Crippen molar-refractivity contribution in [2.24, 2.45) is 16.8 Å². The lowest BCUT2D eigenvalue weighted by atomic mass is 9.46. The summed E-state index contributed by atoms with van der Waals surface area (Å²) < 4.78 is 20.9. The van der Waals surface area contributed by atoms with Gasteiger partial charge in [-0.1, -0.05) is 12.1 Å². The topological polar surface area (TPSA) is 148 Å². The molecule has 280 valence electrons. The smallest absolute Gasteiger partial charge is 0.181 e. The van der Waals surface area contributed by atoms with E-state index in [0.29, 0.717) is 68.3 Å². The summed E-state index contributed by atoms with van der Waals surface area (Å²) in [5, 5.41) is 61.8. The van der Waals surface area contributed by atoms with Gasteiger partial charge < -0.3 is 39.7 Å². The number of aliphatic hydroxyl groups is 3. The number of phenolic OH excluding ortho intramolecular Hbond substituents is 2. The largest absolute Gasteiger partial charge is 0.504 e. The molecular weight excluding hydrogens is 674 g/mol. The third kappa shape index (κ3) is 3.43. The molecule has 5 heterocycles. The minimum absolute atomic E-state index is 0.0293. The highest BCUT2D eigenvalue weighted by Crippen LogP contribution is 2.71. The Labute approximate surface area is 308 Å². The predicted molar refractivity (Wildman–Crippen MR) is 191 cm³/mol. The van der Waals surface area contributed by atoms with Gasteiger partial charge in [0.1, 0.15) is 23.4 Å². The molecule has 0 unspecified atom stereocenters. The van der Waals surface area contributed by atoms with Gasteiger partial charge in [0.05, 0.1) is 22.0 Å². The van der Waals surface area contributed by atoms with Crippen molar-refractivity contribution in [3.63, 3.8) is 0 Å². The van der Waals surface area contributed by atoms with Gasteiger partial charge in [-0.3, -0.25) is 14.8 Å². The number of hydrogen-bond donors (Lipinski definition) is 5. The fourth-order valence-electron chi connectivity index (χ4n) is 14.2. The predicted octanol–water partition coefficient (Wildman–Crippen LogP) is 2.82. The first-order chi connectivity index (χ1) is 25.5. The number of piperidine rings is 2. The minimum atomic E-state index is -1.62. The first-order valence-electron chi connectivity index (χ1n) is 20.5. The van der Waals surface area contributed by atoms with Crippen LogP contribution in [-0.2, 0) is 28.4 Å². The van der Waals surface area contributed by atoms with E-state index >= 15 is 0 Å². The van der Waals surface area contributed by atoms with Crippen LogP contribution in [0, 0.1) is 11.8 Å². The molecule has 4 bridgehead atoms. The van der Waals surface area contributed by atoms with Crippen LogP contribution < -0.4 is 9.47 Å². The van der Waals surface area contributed by atoms with Gasteiger partial charge in [0, 0.05) is 42.5 Å². The average Bonchev–Trinajstić information content (AvgIpc) is 4.02. The van der Waals surface area contributed by atoms with Crippen molar-refractivity contribution >= 4 is 6.21 Å². The highest BCUT2D eigenvalue weighted by molar-refractivity contribution is 5.76. The zero-order valence-corrected chi connectivity index (χ0v) is 30.0. The van der Waals surface area contributed by atoms with Crippen molar-refractivity contribution in [1.82, 2.24) is 9.80 Å². The first kappa shape index (κ1) is 31.3. The summed E-state index contributed by atoms with van der Waals surface area (Å²) in [6.45, 7) is 3.60. The van der Waals surface area contributed by atoms with E-state index in [1.165, 1.54) is 25.7 Å². The number of ether oxygens (including phenoxy) is 3. The Kier molecular flexibility index (Phi) is 5.63. The summed E-state index contributed by atoms with van der Waals surface area (Å²) in [7, 11) is 0. The van der Waals surface area contributed by atoms with Gasteiger partial charge in [-0.15, -0.1) is 0 Å². The molecule has 2 aromatic rings. The molecule has 11 heteroatoms. The molecule has 5 N–H and O–H groups in total. The fraction of sp³-hybridized carbons (Fsp3) is 0.690. The van der Waals surface area contributed by atoms with Gasteiger partial charge in [-0.05, 0) is 125 Å². The van der Waals surface area contributed by atoms with Crippen molar-refractivity contribution in [1.29, 1.82) is 0 Å². The summed E-state index contributed by atoms with van der Waals surface area (Å²) in [5.41, 5.74) is -2.68. The maximum atomic E-state index is 13.2. The zero-order chi connectivity index (χ0) is 35.5. The Bertz CT molecular complexity index is 2040. The van der Waals surface area contributed by atoms with Crippen LogP contribution in [0.1, 0.15) is 86.5 Å². The lowest BCUT2D eigenvalue weighted by Gasteiger charge is -2.66. The second kappa shape index (κ2) is 9.53. The Morgan fingerprint density at radius 2 is 1.19 bits per heavy atom. The Morgan fingerprint density at radius 3 is 1.75 bits per heavy atom. The number of nitrogens with zero attached hydrogens (tertiary/aromatic N) is 3. The first-order valence-corrected chi connectivity index (χ1v) is 20.5. The van der Waals surface area contributed by atoms with Gasteiger partial charge in [-0.2, -0.15) is 0 Å². The molecule has 0 radical (unpaired) electrons. The van der Waals surface area contributed by atoms with Crippen LogP contribution >= 0.6 is 0 Å². The minimum Gasteiger partial charge on any atom is -0.504 e. The van der Waals surface area contributed by atoms with Crippen LogP contribution in [0.5, 0.6) is 23.0 Å². The van der Waals surface area contributed by atoms with E-state index in [9.17, 15) is 25.5 Å². The third-order valence-corrected chi connectivity index (χ3v) is 16.9. The Hall–Kier alpha value is -2.93. The molecule has 5 aliphatic heterocycles. The molecule has 11 nitrogen and oxygen atoms in total. The van der Waals surface area contributed by atoms with Gasteiger partial charge >= 0.3 is 0 Å². The van der Waals surface area contributed by atoms with Gasteiger partial charge in [0.25, 0.3) is 0 Å². The third-order valence-electron chi connectivity index (χ3n) is 16.9. The second-order valence-electron chi connectivity index (χ2n) is 19.2. The summed E-state index contributed by atoms with van der Waals surface area (Å²) in [6, 6.07) is 7.25. The molecular formula is C42H49N3O8. The van der Waals surface area contributed by atoms with E-state index in [-0.39, 0.29) is 30.0 Å². The van der Waals surface area contributed by atoms with Gasteiger partial charge in [-0.25, -0.2) is 0 Å². The number of aliphatic imine (C=N–C) groups is 1. The highest BCUT2D eigenvalue weighted by atomic mass is 16.6. The fourth-order valence-corrected chi connectivity index (χ4v) is 14.2. The molecule has 53 heavy (non-hydrogen) atoms. The average molecular weight is 724 g/mol. The van der Waals surface area contributed by atoms with Crippen molar-refractivity contribution < 1.29 is 39.7 Å². The van der Waals surface area contributed by atoms with E-state index in [2.05, 4.69) is 9.80 Å². The Morgan fingerprint density at radius 1 is 0.660 bits per heavy atom. The monoisotopic (exact) mass is 723 g/mol. The maximum Gasteiger partial charge on any atom is 0.181 e. The molecule has 0 aromatic heterocycles. The molecule has 0 amide bonds. The number of rotatable bonds is 5. The van der Waals surface area contributed by atoms with Crippen LogP contribution in [0.15, 0.2) is 29.3 Å². The zero-order valence-electron chi connectivity index (χ0n) is 30.0. The van der Waals surface area contributed by atoms with Gasteiger partial charge in [0.2, 0.25) is 0 Å². The molecule has 6 aliphatic carbocycles. The summed E-state index contributed by atoms with van der Waals surface area (Å²) in [5.74, 6) is 2.31. The molecule has 11 atom stereocenters. The van der Waals surface area contributed by atoms with Crippen molar-refractivity contribution in [2.45, 2.75) is 141 Å².